The molecule has 0 saturated carbocycles. The molecule has 0 atom stereocenters. The molecule has 1 aliphatic heterocycles. The summed E-state index contributed by atoms with van der Waals surface area (Å²) in [4.78, 5) is 8.87. The molecule has 0 radical (unpaired) electrons. The van der Waals surface area contributed by atoms with Gasteiger partial charge in [0.05, 0.1) is 11.1 Å². The van der Waals surface area contributed by atoms with E-state index in [-0.39, 0.29) is 5.54 Å². The molecule has 2 aromatic rings. The van der Waals surface area contributed by atoms with Crippen LogP contribution in [0, 0.1) is 0 Å². The third kappa shape index (κ3) is 1.88. The molecule has 3 nitrogen and oxygen atoms in total. The summed E-state index contributed by atoms with van der Waals surface area (Å²) in [6.45, 7) is 4.79. The van der Waals surface area contributed by atoms with E-state index in [1.54, 1.807) is 6.20 Å². The molecule has 3 heteroatoms. The summed E-state index contributed by atoms with van der Waals surface area (Å²) in [6.07, 6.45) is 1.80. The Hall–Kier alpha value is -1.90. The molecule has 1 aromatic carbocycles. The Morgan fingerprint density at radius 3 is 2.88 bits per heavy atom. The second-order valence-corrected chi connectivity index (χ2v) is 4.93. The van der Waals surface area contributed by atoms with E-state index in [0.29, 0.717) is 6.61 Å². The Bertz CT molecular complexity index is 602. The SMILES string of the molecule is CC1(C)COC(c2ccc3ncccc3c2)=N1. The van der Waals surface area contributed by atoms with Crippen molar-refractivity contribution < 1.29 is 4.74 Å². The summed E-state index contributed by atoms with van der Waals surface area (Å²) in [6, 6.07) is 10.1. The number of aliphatic imine (C=N–C) groups is 1. The first-order valence-corrected chi connectivity index (χ1v) is 5.72. The molecule has 0 bridgehead atoms. The van der Waals surface area contributed by atoms with Gasteiger partial charge in [0.2, 0.25) is 5.90 Å². The van der Waals surface area contributed by atoms with E-state index in [9.17, 15) is 0 Å². The molecule has 0 spiro atoms. The smallest absolute Gasteiger partial charge is 0.216 e. The van der Waals surface area contributed by atoms with Crippen LogP contribution < -0.4 is 0 Å². The first kappa shape index (κ1) is 10.3. The summed E-state index contributed by atoms with van der Waals surface area (Å²) in [5, 5.41) is 1.11. The lowest BCUT2D eigenvalue weighted by Gasteiger charge is -2.07. The highest BCUT2D eigenvalue weighted by Crippen LogP contribution is 2.22. The highest BCUT2D eigenvalue weighted by atomic mass is 16.5. The lowest BCUT2D eigenvalue weighted by molar-refractivity contribution is 0.279. The average Bonchev–Trinajstić information content (AvgIpc) is 2.69. The van der Waals surface area contributed by atoms with Crippen LogP contribution in [-0.4, -0.2) is 23.0 Å². The summed E-state index contributed by atoms with van der Waals surface area (Å²) in [7, 11) is 0. The van der Waals surface area contributed by atoms with Gasteiger partial charge in [-0.05, 0) is 38.1 Å². The van der Waals surface area contributed by atoms with Gasteiger partial charge in [-0.15, -0.1) is 0 Å². The number of nitrogens with zero attached hydrogens (tertiary/aromatic N) is 2. The van der Waals surface area contributed by atoms with Gasteiger partial charge in [-0.1, -0.05) is 6.07 Å². The largest absolute Gasteiger partial charge is 0.475 e. The molecule has 0 N–H and O–H groups in total. The predicted octanol–water partition coefficient (Wildman–Crippen LogP) is 2.79. The van der Waals surface area contributed by atoms with E-state index in [1.165, 1.54) is 0 Å². The number of aromatic nitrogens is 1. The van der Waals surface area contributed by atoms with Crippen LogP contribution in [0.5, 0.6) is 0 Å². The molecule has 2 heterocycles. The van der Waals surface area contributed by atoms with Crippen molar-refractivity contribution in [2.24, 2.45) is 4.99 Å². The Kier molecular flexibility index (Phi) is 2.15. The molecular weight excluding hydrogens is 212 g/mol. The maximum Gasteiger partial charge on any atom is 0.216 e. The predicted molar refractivity (Wildman–Crippen MR) is 68.3 cm³/mol. The fourth-order valence-corrected chi connectivity index (χ4v) is 1.94. The average molecular weight is 226 g/mol. The van der Waals surface area contributed by atoms with Crippen LogP contribution in [0.4, 0.5) is 0 Å². The quantitative estimate of drug-likeness (QED) is 0.749. The summed E-state index contributed by atoms with van der Waals surface area (Å²) >= 11 is 0. The van der Waals surface area contributed by atoms with E-state index < -0.39 is 0 Å². The first-order valence-electron chi connectivity index (χ1n) is 5.72. The van der Waals surface area contributed by atoms with Crippen LogP contribution >= 0.6 is 0 Å². The molecule has 0 unspecified atom stereocenters. The lowest BCUT2D eigenvalue weighted by atomic mass is 10.1. The van der Waals surface area contributed by atoms with Crippen LogP contribution in [0.2, 0.25) is 0 Å². The molecule has 1 aromatic heterocycles. The lowest BCUT2D eigenvalue weighted by Crippen LogP contribution is -2.17. The summed E-state index contributed by atoms with van der Waals surface area (Å²) in [5.74, 6) is 0.737. The van der Waals surface area contributed by atoms with E-state index in [4.69, 9.17) is 4.74 Å². The fraction of sp³-hybridized carbons (Fsp3) is 0.286. The number of ether oxygens (including phenoxy) is 1. The maximum atomic E-state index is 5.63. The van der Waals surface area contributed by atoms with Crippen LogP contribution in [0.1, 0.15) is 19.4 Å². The molecule has 0 aliphatic carbocycles. The van der Waals surface area contributed by atoms with Crippen LogP contribution in [0.15, 0.2) is 41.5 Å². The summed E-state index contributed by atoms with van der Waals surface area (Å²) in [5.41, 5.74) is 1.91. The molecule has 86 valence electrons. The number of benzene rings is 1. The maximum absolute atomic E-state index is 5.63. The summed E-state index contributed by atoms with van der Waals surface area (Å²) < 4.78 is 5.63. The van der Waals surface area contributed by atoms with Crippen molar-refractivity contribution in [3.05, 3.63) is 42.1 Å². The van der Waals surface area contributed by atoms with Crippen molar-refractivity contribution in [2.45, 2.75) is 19.4 Å². The van der Waals surface area contributed by atoms with Crippen molar-refractivity contribution in [1.29, 1.82) is 0 Å². The van der Waals surface area contributed by atoms with E-state index >= 15 is 0 Å². The van der Waals surface area contributed by atoms with Crippen molar-refractivity contribution in [3.8, 4) is 0 Å². The van der Waals surface area contributed by atoms with E-state index in [1.807, 2.05) is 24.3 Å². The standard InChI is InChI=1S/C14H14N2O/c1-14(2)9-17-13(16-14)11-5-6-12-10(8-11)4-3-7-15-12/h3-8H,9H2,1-2H3. The molecule has 17 heavy (non-hydrogen) atoms. The third-order valence-electron chi connectivity index (χ3n) is 2.82. The van der Waals surface area contributed by atoms with Gasteiger partial charge in [-0.2, -0.15) is 0 Å². The number of hydrogen-bond acceptors (Lipinski definition) is 3. The van der Waals surface area contributed by atoms with Crippen LogP contribution in [0.25, 0.3) is 10.9 Å². The van der Waals surface area contributed by atoms with Gasteiger partial charge in [-0.3, -0.25) is 4.98 Å². The zero-order chi connectivity index (χ0) is 11.9. The Labute approximate surface area is 100 Å². The highest BCUT2D eigenvalue weighted by Gasteiger charge is 2.26. The Morgan fingerprint density at radius 2 is 2.12 bits per heavy atom. The monoisotopic (exact) mass is 226 g/mol. The van der Waals surface area contributed by atoms with Gasteiger partial charge in [0.15, 0.2) is 0 Å². The van der Waals surface area contributed by atoms with Gasteiger partial charge in [0, 0.05) is 17.1 Å². The molecule has 0 fully saturated rings. The minimum Gasteiger partial charge on any atom is -0.475 e. The third-order valence-corrected chi connectivity index (χ3v) is 2.82. The number of rotatable bonds is 1. The second-order valence-electron chi connectivity index (χ2n) is 4.93. The van der Waals surface area contributed by atoms with Crippen molar-refractivity contribution in [3.63, 3.8) is 0 Å². The van der Waals surface area contributed by atoms with Crippen LogP contribution in [-0.2, 0) is 4.74 Å². The van der Waals surface area contributed by atoms with Gasteiger partial charge in [-0.25, -0.2) is 4.99 Å². The van der Waals surface area contributed by atoms with E-state index in [0.717, 1.165) is 22.4 Å². The van der Waals surface area contributed by atoms with Crippen LogP contribution in [0.3, 0.4) is 0 Å². The highest BCUT2D eigenvalue weighted by molar-refractivity contribution is 5.98. The molecule has 3 rings (SSSR count). The number of pyridine rings is 1. The van der Waals surface area contributed by atoms with Gasteiger partial charge < -0.3 is 4.74 Å². The molecule has 1 aliphatic rings. The van der Waals surface area contributed by atoms with Crippen molar-refractivity contribution in [2.75, 3.05) is 6.61 Å². The minimum atomic E-state index is -0.112. The van der Waals surface area contributed by atoms with Crippen molar-refractivity contribution in [1.82, 2.24) is 4.98 Å². The Morgan fingerprint density at radius 1 is 1.24 bits per heavy atom. The number of fused-ring (bicyclic) bond motifs is 1. The van der Waals surface area contributed by atoms with Gasteiger partial charge >= 0.3 is 0 Å². The normalized spacial score (nSPS) is 17.9. The van der Waals surface area contributed by atoms with Gasteiger partial charge in [0.1, 0.15) is 6.61 Å². The zero-order valence-electron chi connectivity index (χ0n) is 9.97. The van der Waals surface area contributed by atoms with Crippen molar-refractivity contribution >= 4 is 16.8 Å². The topological polar surface area (TPSA) is 34.5 Å². The fourth-order valence-electron chi connectivity index (χ4n) is 1.94. The van der Waals surface area contributed by atoms with Gasteiger partial charge in [0.25, 0.3) is 0 Å². The Balaban J connectivity index is 2.07. The zero-order valence-corrected chi connectivity index (χ0v) is 9.97. The minimum absolute atomic E-state index is 0.112. The molecule has 0 saturated heterocycles. The number of hydrogen-bond donors (Lipinski definition) is 0. The molecule has 0 amide bonds. The second kappa shape index (κ2) is 3.55. The molecular formula is C14H14N2O. The first-order chi connectivity index (χ1) is 8.14. The van der Waals surface area contributed by atoms with E-state index in [2.05, 4.69) is 29.9 Å².